The molecule has 0 bridgehead atoms. The van der Waals surface area contributed by atoms with Crippen LogP contribution in [0, 0.1) is 0 Å². The fourth-order valence-electron chi connectivity index (χ4n) is 2.65. The number of rotatable bonds is 6. The third-order valence-corrected chi connectivity index (χ3v) is 5.78. The lowest BCUT2D eigenvalue weighted by Crippen LogP contribution is -2.52. The van der Waals surface area contributed by atoms with Gasteiger partial charge in [-0.3, -0.25) is 9.80 Å². The number of thioether (sulfide) groups is 1. The summed E-state index contributed by atoms with van der Waals surface area (Å²) in [6.07, 6.45) is 3.23. The number of carbonyl (C=O) groups is 2. The molecule has 1 saturated carbocycles. The minimum atomic E-state index is -0.920. The number of nitrogens with one attached hydrogen (secondary N) is 1. The minimum absolute atomic E-state index is 0.0393. The van der Waals surface area contributed by atoms with Gasteiger partial charge in [-0.25, -0.2) is 9.59 Å². The van der Waals surface area contributed by atoms with Gasteiger partial charge < -0.3 is 10.4 Å². The summed E-state index contributed by atoms with van der Waals surface area (Å²) >= 11 is 1.54. The summed E-state index contributed by atoms with van der Waals surface area (Å²) in [5.41, 5.74) is 0. The Morgan fingerprint density at radius 3 is 2.67 bits per heavy atom. The van der Waals surface area contributed by atoms with Gasteiger partial charge in [-0.2, -0.15) is 0 Å². The zero-order valence-electron chi connectivity index (χ0n) is 12.9. The molecule has 1 aliphatic heterocycles. The molecule has 0 aromatic carbocycles. The average Bonchev–Trinajstić information content (AvgIpc) is 3.21. The van der Waals surface area contributed by atoms with Gasteiger partial charge in [0, 0.05) is 24.4 Å². The first-order chi connectivity index (χ1) is 9.95. The van der Waals surface area contributed by atoms with Crippen molar-refractivity contribution in [2.24, 2.45) is 0 Å². The van der Waals surface area contributed by atoms with Crippen LogP contribution in [0.4, 0.5) is 4.79 Å². The van der Waals surface area contributed by atoms with Crippen molar-refractivity contribution >= 4 is 23.8 Å². The summed E-state index contributed by atoms with van der Waals surface area (Å²) in [5.74, 6) is -0.449. The summed E-state index contributed by atoms with van der Waals surface area (Å²) in [6, 6.07) is -0.0545. The quantitative estimate of drug-likeness (QED) is 0.775. The Morgan fingerprint density at radius 1 is 1.48 bits per heavy atom. The second-order valence-corrected chi connectivity index (χ2v) is 7.10. The monoisotopic (exact) mass is 315 g/mol. The van der Waals surface area contributed by atoms with Crippen LogP contribution < -0.4 is 5.32 Å². The van der Waals surface area contributed by atoms with E-state index in [0.29, 0.717) is 18.3 Å². The Morgan fingerprint density at radius 2 is 2.14 bits per heavy atom. The first-order valence-electron chi connectivity index (χ1n) is 7.58. The van der Waals surface area contributed by atoms with Crippen LogP contribution in [-0.2, 0) is 4.79 Å². The Hall–Kier alpha value is -0.950. The van der Waals surface area contributed by atoms with Gasteiger partial charge in [0.15, 0.2) is 0 Å². The van der Waals surface area contributed by atoms with E-state index in [1.165, 1.54) is 17.7 Å². The zero-order chi connectivity index (χ0) is 15.6. The Labute approximate surface area is 130 Å². The standard InChI is InChI=1S/C14H25N3O3S/c1-4-12-17(11(8-21-12)13(18)19)14(20)15-7-9(2)16(3)10-5-6-10/h9-12H,4-8H2,1-3H3,(H,15,20)(H,18,19). The first-order valence-corrected chi connectivity index (χ1v) is 8.63. The van der Waals surface area contributed by atoms with E-state index in [1.807, 2.05) is 6.92 Å². The number of aliphatic carboxylic acids is 1. The van der Waals surface area contributed by atoms with Crippen LogP contribution in [0.15, 0.2) is 0 Å². The molecule has 2 N–H and O–H groups in total. The molecular weight excluding hydrogens is 290 g/mol. The van der Waals surface area contributed by atoms with Crippen molar-refractivity contribution in [2.45, 2.75) is 56.6 Å². The SMILES string of the molecule is CCC1SCC(C(=O)O)N1C(=O)NCC(C)N(C)C1CC1. The van der Waals surface area contributed by atoms with Crippen molar-refractivity contribution in [3.63, 3.8) is 0 Å². The predicted molar refractivity (Wildman–Crippen MR) is 83.4 cm³/mol. The molecule has 1 aliphatic carbocycles. The topological polar surface area (TPSA) is 72.9 Å². The summed E-state index contributed by atoms with van der Waals surface area (Å²) in [5, 5.41) is 12.1. The number of carboxylic acids is 1. The van der Waals surface area contributed by atoms with Crippen molar-refractivity contribution in [3.05, 3.63) is 0 Å². The molecule has 0 radical (unpaired) electrons. The highest BCUT2D eigenvalue weighted by Crippen LogP contribution is 2.31. The third-order valence-electron chi connectivity index (χ3n) is 4.33. The third kappa shape index (κ3) is 3.83. The Bertz CT molecular complexity index is 403. The maximum Gasteiger partial charge on any atom is 0.327 e. The molecule has 1 saturated heterocycles. The molecular formula is C14H25N3O3S. The van der Waals surface area contributed by atoms with Crippen molar-refractivity contribution in [1.82, 2.24) is 15.1 Å². The number of nitrogens with zero attached hydrogens (tertiary/aromatic N) is 2. The number of hydrogen-bond acceptors (Lipinski definition) is 4. The van der Waals surface area contributed by atoms with Gasteiger partial charge in [0.2, 0.25) is 0 Å². The summed E-state index contributed by atoms with van der Waals surface area (Å²) in [6.45, 7) is 4.62. The highest BCUT2D eigenvalue weighted by Gasteiger charge is 2.41. The molecule has 21 heavy (non-hydrogen) atoms. The van der Waals surface area contributed by atoms with Crippen LogP contribution in [0.1, 0.15) is 33.1 Å². The van der Waals surface area contributed by atoms with Crippen molar-refractivity contribution < 1.29 is 14.7 Å². The van der Waals surface area contributed by atoms with E-state index in [4.69, 9.17) is 0 Å². The van der Waals surface area contributed by atoms with E-state index in [-0.39, 0.29) is 17.4 Å². The smallest absolute Gasteiger partial charge is 0.327 e. The number of carbonyl (C=O) groups excluding carboxylic acids is 1. The summed E-state index contributed by atoms with van der Waals surface area (Å²) in [4.78, 5) is 27.4. The highest BCUT2D eigenvalue weighted by atomic mass is 32.2. The van der Waals surface area contributed by atoms with Crippen LogP contribution in [0.25, 0.3) is 0 Å². The highest BCUT2D eigenvalue weighted by molar-refractivity contribution is 8.00. The fourth-order valence-corrected chi connectivity index (χ4v) is 4.00. The molecule has 0 aromatic rings. The molecule has 7 heteroatoms. The van der Waals surface area contributed by atoms with Crippen molar-refractivity contribution in [2.75, 3.05) is 19.3 Å². The lowest BCUT2D eigenvalue weighted by atomic mass is 10.2. The molecule has 2 amide bonds. The van der Waals surface area contributed by atoms with Crippen LogP contribution >= 0.6 is 11.8 Å². The van der Waals surface area contributed by atoms with Gasteiger partial charge in [0.1, 0.15) is 6.04 Å². The van der Waals surface area contributed by atoms with E-state index in [2.05, 4.69) is 24.2 Å². The Kier molecular flexibility index (Phi) is 5.37. The molecule has 1 heterocycles. The van der Waals surface area contributed by atoms with Gasteiger partial charge in [-0.1, -0.05) is 6.92 Å². The largest absolute Gasteiger partial charge is 0.480 e. The normalized spacial score (nSPS) is 27.0. The number of urea groups is 1. The van der Waals surface area contributed by atoms with Crippen LogP contribution in [0.2, 0.25) is 0 Å². The van der Waals surface area contributed by atoms with Gasteiger partial charge in [0.25, 0.3) is 0 Å². The Balaban J connectivity index is 1.89. The van der Waals surface area contributed by atoms with E-state index < -0.39 is 12.0 Å². The van der Waals surface area contributed by atoms with Crippen molar-refractivity contribution in [3.8, 4) is 0 Å². The molecule has 3 atom stereocenters. The molecule has 120 valence electrons. The summed E-state index contributed by atoms with van der Waals surface area (Å²) < 4.78 is 0. The van der Waals surface area contributed by atoms with E-state index in [9.17, 15) is 14.7 Å². The maximum absolute atomic E-state index is 12.4. The lowest BCUT2D eigenvalue weighted by Gasteiger charge is -2.29. The van der Waals surface area contributed by atoms with Gasteiger partial charge in [-0.05, 0) is 33.2 Å². The first kappa shape index (κ1) is 16.4. The number of carboxylic acid groups (broad SMARTS) is 1. The molecule has 2 fully saturated rings. The molecule has 0 spiro atoms. The lowest BCUT2D eigenvalue weighted by molar-refractivity contribution is -0.141. The van der Waals surface area contributed by atoms with Crippen LogP contribution in [0.5, 0.6) is 0 Å². The maximum atomic E-state index is 12.4. The van der Waals surface area contributed by atoms with Crippen LogP contribution in [0.3, 0.4) is 0 Å². The second kappa shape index (κ2) is 6.87. The molecule has 3 unspecified atom stereocenters. The minimum Gasteiger partial charge on any atom is -0.480 e. The number of hydrogen-bond donors (Lipinski definition) is 2. The van der Waals surface area contributed by atoms with Crippen LogP contribution in [-0.4, -0.2) is 69.8 Å². The zero-order valence-corrected chi connectivity index (χ0v) is 13.7. The molecule has 0 aromatic heterocycles. The van der Waals surface area contributed by atoms with Gasteiger partial charge in [0.05, 0.1) is 5.37 Å². The number of likely N-dealkylation sites (N-methyl/N-ethyl adjacent to an activating group) is 1. The van der Waals surface area contributed by atoms with E-state index in [1.54, 1.807) is 11.8 Å². The van der Waals surface area contributed by atoms with E-state index >= 15 is 0 Å². The predicted octanol–water partition coefficient (Wildman–Crippen LogP) is 1.42. The summed E-state index contributed by atoms with van der Waals surface area (Å²) in [7, 11) is 2.08. The fraction of sp³-hybridized carbons (Fsp3) is 0.857. The van der Waals surface area contributed by atoms with Gasteiger partial charge >= 0.3 is 12.0 Å². The van der Waals surface area contributed by atoms with Crippen molar-refractivity contribution in [1.29, 1.82) is 0 Å². The van der Waals surface area contributed by atoms with E-state index in [0.717, 1.165) is 6.42 Å². The second-order valence-electron chi connectivity index (χ2n) is 5.89. The average molecular weight is 315 g/mol. The number of amides is 2. The molecule has 2 rings (SSSR count). The molecule has 2 aliphatic rings. The molecule has 6 nitrogen and oxygen atoms in total. The van der Waals surface area contributed by atoms with Gasteiger partial charge in [-0.15, -0.1) is 11.8 Å².